The van der Waals surface area contributed by atoms with Gasteiger partial charge in [-0.05, 0) is 70.8 Å². The molecule has 3 heterocycles. The van der Waals surface area contributed by atoms with Crippen molar-refractivity contribution in [2.75, 3.05) is 4.90 Å². The van der Waals surface area contributed by atoms with E-state index in [4.69, 9.17) is 0 Å². The summed E-state index contributed by atoms with van der Waals surface area (Å²) in [7, 11) is 0. The molecule has 10 rings (SSSR count). The maximum absolute atomic E-state index is 2.51. The van der Waals surface area contributed by atoms with Gasteiger partial charge in [0.25, 0.3) is 0 Å². The topological polar surface area (TPSA) is 8.17 Å². The molecule has 0 unspecified atom stereocenters. The fourth-order valence-electron chi connectivity index (χ4n) is 7.31. The van der Waals surface area contributed by atoms with Crippen molar-refractivity contribution in [3.8, 4) is 27.9 Å². The van der Waals surface area contributed by atoms with Crippen molar-refractivity contribution >= 4 is 70.4 Å². The summed E-state index contributed by atoms with van der Waals surface area (Å²) >= 11 is 1.88. The summed E-state index contributed by atoms with van der Waals surface area (Å²) in [5.41, 5.74) is 12.2. The Kier molecular flexibility index (Phi) is 5.19. The van der Waals surface area contributed by atoms with Gasteiger partial charge in [0.1, 0.15) is 0 Å². The third-order valence-corrected chi connectivity index (χ3v) is 10.5. The van der Waals surface area contributed by atoms with E-state index in [-0.39, 0.29) is 0 Å². The Labute approximate surface area is 264 Å². The predicted molar refractivity (Wildman–Crippen MR) is 193 cm³/mol. The van der Waals surface area contributed by atoms with Crippen molar-refractivity contribution in [2.24, 2.45) is 0 Å². The van der Waals surface area contributed by atoms with Gasteiger partial charge < -0.3 is 9.47 Å². The molecule has 3 heteroatoms. The van der Waals surface area contributed by atoms with Crippen molar-refractivity contribution in [2.45, 2.75) is 0 Å². The second-order valence-electron chi connectivity index (χ2n) is 11.8. The first-order valence-corrected chi connectivity index (χ1v) is 16.2. The number of rotatable bonds is 3. The lowest BCUT2D eigenvalue weighted by atomic mass is 9.96. The fraction of sp³-hybridized carbons (Fsp3) is 0. The molecule has 2 aromatic heterocycles. The van der Waals surface area contributed by atoms with Crippen LogP contribution in [0.3, 0.4) is 0 Å². The van der Waals surface area contributed by atoms with Crippen LogP contribution in [0.4, 0.5) is 17.1 Å². The minimum Gasteiger partial charge on any atom is -0.305 e. The molecular weight excluding hydrogens is 565 g/mol. The third-order valence-electron chi connectivity index (χ3n) is 9.28. The lowest BCUT2D eigenvalue weighted by Gasteiger charge is -2.33. The number of para-hydroxylation sites is 3. The van der Waals surface area contributed by atoms with Crippen molar-refractivity contribution in [3.05, 3.63) is 158 Å². The van der Waals surface area contributed by atoms with Crippen LogP contribution in [-0.4, -0.2) is 4.57 Å². The molecule has 210 valence electrons. The van der Waals surface area contributed by atoms with E-state index < -0.39 is 0 Å². The summed E-state index contributed by atoms with van der Waals surface area (Å²) in [4.78, 5) is 2.51. The van der Waals surface area contributed by atoms with Gasteiger partial charge in [0, 0.05) is 26.2 Å². The standard InChI is InChI=1S/C42H26N2S/c1-2-12-27(13-3-1)28-14-10-15-29(24-28)30-25-34-31-16-4-6-19-35(31)44-37-21-8-7-20-36(37)43(39(26-30)41(34)44)38-22-11-18-33-32-17-5-9-23-40(32)45-42(33)38/h1-26H. The SMILES string of the molecule is c1ccc(-c2cccc(-c3cc4c5c(c3)c3ccccc3n5-c3ccccc3N4c3cccc4c3sc3ccccc34)c2)cc1. The van der Waals surface area contributed by atoms with Gasteiger partial charge in [-0.1, -0.05) is 109 Å². The summed E-state index contributed by atoms with van der Waals surface area (Å²) < 4.78 is 5.10. The fourth-order valence-corrected chi connectivity index (χ4v) is 8.52. The Hall–Kier alpha value is -5.64. The van der Waals surface area contributed by atoms with Crippen LogP contribution in [0.1, 0.15) is 0 Å². The van der Waals surface area contributed by atoms with E-state index in [1.165, 1.54) is 87.0 Å². The molecule has 0 aliphatic carbocycles. The molecule has 2 nitrogen and oxygen atoms in total. The molecule has 0 atom stereocenters. The van der Waals surface area contributed by atoms with E-state index in [1.54, 1.807) is 0 Å². The average Bonchev–Trinajstić information content (AvgIpc) is 3.66. The number of nitrogens with zero attached hydrogens (tertiary/aromatic N) is 2. The van der Waals surface area contributed by atoms with Crippen molar-refractivity contribution in [3.63, 3.8) is 0 Å². The van der Waals surface area contributed by atoms with E-state index >= 15 is 0 Å². The zero-order chi connectivity index (χ0) is 29.5. The zero-order valence-corrected chi connectivity index (χ0v) is 25.1. The Balaban J connectivity index is 1.32. The third kappa shape index (κ3) is 3.56. The van der Waals surface area contributed by atoms with Crippen LogP contribution in [0.25, 0.3) is 69.9 Å². The average molecular weight is 591 g/mol. The van der Waals surface area contributed by atoms with Crippen LogP contribution in [0.15, 0.2) is 158 Å². The monoisotopic (exact) mass is 590 g/mol. The van der Waals surface area contributed by atoms with E-state index in [2.05, 4.69) is 167 Å². The number of thiophene rings is 1. The van der Waals surface area contributed by atoms with Gasteiger partial charge in [0.2, 0.25) is 0 Å². The maximum atomic E-state index is 2.51. The van der Waals surface area contributed by atoms with Crippen LogP contribution in [0.2, 0.25) is 0 Å². The molecule has 1 aliphatic heterocycles. The van der Waals surface area contributed by atoms with Gasteiger partial charge in [0.05, 0.1) is 38.5 Å². The second-order valence-corrected chi connectivity index (χ2v) is 12.8. The highest BCUT2D eigenvalue weighted by molar-refractivity contribution is 7.26. The van der Waals surface area contributed by atoms with E-state index in [1.807, 2.05) is 11.3 Å². The molecule has 0 radical (unpaired) electrons. The predicted octanol–water partition coefficient (Wildman–Crippen LogP) is 12.3. The smallest absolute Gasteiger partial charge is 0.0783 e. The number of fused-ring (bicyclic) bond motifs is 8. The van der Waals surface area contributed by atoms with Gasteiger partial charge in [0.15, 0.2) is 0 Å². The summed E-state index contributed by atoms with van der Waals surface area (Å²) in [5, 5.41) is 5.16. The molecular formula is C42H26N2S. The van der Waals surface area contributed by atoms with Gasteiger partial charge in [-0.25, -0.2) is 0 Å². The first-order chi connectivity index (χ1) is 22.3. The molecule has 9 aromatic rings. The highest BCUT2D eigenvalue weighted by Gasteiger charge is 2.30. The molecule has 0 saturated heterocycles. The minimum absolute atomic E-state index is 1.19. The summed E-state index contributed by atoms with van der Waals surface area (Å²) in [6.45, 7) is 0. The van der Waals surface area contributed by atoms with Crippen LogP contribution < -0.4 is 4.90 Å². The zero-order valence-electron chi connectivity index (χ0n) is 24.3. The minimum atomic E-state index is 1.19. The Morgan fingerprint density at radius 3 is 1.91 bits per heavy atom. The normalized spacial score (nSPS) is 12.4. The summed E-state index contributed by atoms with van der Waals surface area (Å²) in [5.74, 6) is 0. The Morgan fingerprint density at radius 1 is 0.378 bits per heavy atom. The molecule has 0 amide bonds. The van der Waals surface area contributed by atoms with Crippen molar-refractivity contribution in [1.29, 1.82) is 0 Å². The number of aromatic nitrogens is 1. The van der Waals surface area contributed by atoms with Gasteiger partial charge >= 0.3 is 0 Å². The molecule has 0 saturated carbocycles. The first kappa shape index (κ1) is 24.8. The highest BCUT2D eigenvalue weighted by Crippen LogP contribution is 2.53. The number of hydrogen-bond acceptors (Lipinski definition) is 2. The van der Waals surface area contributed by atoms with Crippen molar-refractivity contribution in [1.82, 2.24) is 4.57 Å². The van der Waals surface area contributed by atoms with Gasteiger partial charge in [-0.15, -0.1) is 11.3 Å². The number of hydrogen-bond donors (Lipinski definition) is 0. The molecule has 45 heavy (non-hydrogen) atoms. The lowest BCUT2D eigenvalue weighted by Crippen LogP contribution is -2.18. The van der Waals surface area contributed by atoms with Crippen LogP contribution >= 0.6 is 11.3 Å². The van der Waals surface area contributed by atoms with E-state index in [0.29, 0.717) is 0 Å². The number of benzene rings is 7. The van der Waals surface area contributed by atoms with Gasteiger partial charge in [-0.2, -0.15) is 0 Å². The highest BCUT2D eigenvalue weighted by atomic mass is 32.1. The van der Waals surface area contributed by atoms with E-state index in [9.17, 15) is 0 Å². The quantitative estimate of drug-likeness (QED) is 0.199. The molecule has 0 bridgehead atoms. The molecule has 0 N–H and O–H groups in total. The molecule has 0 spiro atoms. The van der Waals surface area contributed by atoms with Crippen LogP contribution in [0.5, 0.6) is 0 Å². The Bertz CT molecular complexity index is 2610. The van der Waals surface area contributed by atoms with Crippen LogP contribution in [-0.2, 0) is 0 Å². The summed E-state index contributed by atoms with van der Waals surface area (Å²) in [6.07, 6.45) is 0. The van der Waals surface area contributed by atoms with Crippen molar-refractivity contribution < 1.29 is 0 Å². The molecule has 7 aromatic carbocycles. The lowest BCUT2D eigenvalue weighted by molar-refractivity contribution is 1.12. The molecule has 0 fully saturated rings. The number of anilines is 3. The Morgan fingerprint density at radius 2 is 1.02 bits per heavy atom. The first-order valence-electron chi connectivity index (χ1n) is 15.4. The summed E-state index contributed by atoms with van der Waals surface area (Å²) in [6, 6.07) is 57.7. The maximum Gasteiger partial charge on any atom is 0.0783 e. The largest absolute Gasteiger partial charge is 0.305 e. The van der Waals surface area contributed by atoms with Gasteiger partial charge in [-0.3, -0.25) is 0 Å². The van der Waals surface area contributed by atoms with E-state index in [0.717, 1.165) is 0 Å². The van der Waals surface area contributed by atoms with Crippen LogP contribution in [0, 0.1) is 0 Å². The molecule has 1 aliphatic rings. The second kappa shape index (κ2) is 9.43.